The third-order valence-corrected chi connectivity index (χ3v) is 6.60. The third-order valence-electron chi connectivity index (χ3n) is 4.17. The molecule has 0 spiro atoms. The predicted octanol–water partition coefficient (Wildman–Crippen LogP) is 5.14. The Morgan fingerprint density at radius 2 is 1.69 bits per heavy atom. The summed E-state index contributed by atoms with van der Waals surface area (Å²) in [4.78, 5) is 12.7. The molecule has 0 heterocycles. The van der Waals surface area contributed by atoms with E-state index >= 15 is 0 Å². The first kappa shape index (κ1) is 21.2. The van der Waals surface area contributed by atoms with E-state index in [1.165, 1.54) is 18.2 Å². The molecule has 0 bridgehead atoms. The first-order valence-corrected chi connectivity index (χ1v) is 10.9. The van der Waals surface area contributed by atoms with Crippen LogP contribution in [0.15, 0.2) is 77.7 Å². The van der Waals surface area contributed by atoms with Gasteiger partial charge in [0, 0.05) is 15.7 Å². The fourth-order valence-electron chi connectivity index (χ4n) is 2.67. The standard InChI is InChI=1S/C21H18Cl2N2O3S/c1-15-10-11-17(13-20(15)23)24-21(26)14-25(18-7-5-6-16(22)12-18)29(27,28)19-8-3-2-4-9-19/h2-13H,14H2,1H3,(H,24,26). The highest BCUT2D eigenvalue weighted by Crippen LogP contribution is 2.26. The number of nitrogens with one attached hydrogen (secondary N) is 1. The molecule has 0 saturated carbocycles. The number of amides is 1. The number of sulfonamides is 1. The number of hydrogen-bond acceptors (Lipinski definition) is 3. The van der Waals surface area contributed by atoms with E-state index in [4.69, 9.17) is 23.2 Å². The van der Waals surface area contributed by atoms with E-state index in [-0.39, 0.29) is 4.90 Å². The summed E-state index contributed by atoms with van der Waals surface area (Å²) in [6.07, 6.45) is 0. The van der Waals surface area contributed by atoms with E-state index in [0.717, 1.165) is 9.87 Å². The van der Waals surface area contributed by atoms with E-state index < -0.39 is 22.5 Å². The van der Waals surface area contributed by atoms with Gasteiger partial charge in [0.25, 0.3) is 10.0 Å². The highest BCUT2D eigenvalue weighted by molar-refractivity contribution is 7.92. The molecular formula is C21H18Cl2N2O3S. The number of hydrogen-bond donors (Lipinski definition) is 1. The predicted molar refractivity (Wildman–Crippen MR) is 117 cm³/mol. The molecule has 1 N–H and O–H groups in total. The van der Waals surface area contributed by atoms with Gasteiger partial charge in [-0.15, -0.1) is 0 Å². The first-order valence-electron chi connectivity index (χ1n) is 8.67. The molecule has 0 aromatic heterocycles. The number of aryl methyl sites for hydroxylation is 1. The molecule has 3 aromatic rings. The van der Waals surface area contributed by atoms with Crippen LogP contribution in [0.5, 0.6) is 0 Å². The lowest BCUT2D eigenvalue weighted by Gasteiger charge is -2.24. The fourth-order valence-corrected chi connectivity index (χ4v) is 4.47. The highest BCUT2D eigenvalue weighted by Gasteiger charge is 2.27. The SMILES string of the molecule is Cc1ccc(NC(=O)CN(c2cccc(Cl)c2)S(=O)(=O)c2ccccc2)cc1Cl. The summed E-state index contributed by atoms with van der Waals surface area (Å²) < 4.78 is 27.5. The number of carbonyl (C=O) groups excluding carboxylic acids is 1. The van der Waals surface area contributed by atoms with Crippen LogP contribution >= 0.6 is 23.2 Å². The summed E-state index contributed by atoms with van der Waals surface area (Å²) in [5.41, 5.74) is 1.64. The Morgan fingerprint density at radius 1 is 0.966 bits per heavy atom. The van der Waals surface area contributed by atoms with Crippen molar-refractivity contribution >= 4 is 50.5 Å². The molecule has 8 heteroatoms. The molecule has 0 aliphatic carbocycles. The molecule has 0 fully saturated rings. The van der Waals surface area contributed by atoms with Crippen molar-refractivity contribution in [3.8, 4) is 0 Å². The lowest BCUT2D eigenvalue weighted by Crippen LogP contribution is -2.38. The second-order valence-electron chi connectivity index (χ2n) is 6.32. The molecule has 0 saturated heterocycles. The number of benzene rings is 3. The molecule has 5 nitrogen and oxygen atoms in total. The van der Waals surface area contributed by atoms with Crippen LogP contribution in [0.25, 0.3) is 0 Å². The maximum Gasteiger partial charge on any atom is 0.264 e. The van der Waals surface area contributed by atoms with Gasteiger partial charge in [0.05, 0.1) is 10.6 Å². The van der Waals surface area contributed by atoms with E-state index in [0.29, 0.717) is 21.4 Å². The monoisotopic (exact) mass is 448 g/mol. The summed E-state index contributed by atoms with van der Waals surface area (Å²) in [6.45, 7) is 1.42. The summed E-state index contributed by atoms with van der Waals surface area (Å²) in [6, 6.07) is 19.3. The zero-order chi connectivity index (χ0) is 21.0. The Morgan fingerprint density at radius 3 is 2.34 bits per heavy atom. The average molecular weight is 449 g/mol. The molecule has 0 aliphatic heterocycles. The largest absolute Gasteiger partial charge is 0.324 e. The van der Waals surface area contributed by atoms with E-state index in [1.807, 2.05) is 6.92 Å². The maximum absolute atomic E-state index is 13.2. The van der Waals surface area contributed by atoms with E-state index in [2.05, 4.69) is 5.32 Å². The van der Waals surface area contributed by atoms with E-state index in [1.54, 1.807) is 54.6 Å². The maximum atomic E-state index is 13.2. The summed E-state index contributed by atoms with van der Waals surface area (Å²) >= 11 is 12.1. The highest BCUT2D eigenvalue weighted by atomic mass is 35.5. The molecule has 3 aromatic carbocycles. The first-order chi connectivity index (χ1) is 13.8. The van der Waals surface area contributed by atoms with Gasteiger partial charge >= 0.3 is 0 Å². The van der Waals surface area contributed by atoms with Crippen LogP contribution in [0.2, 0.25) is 10.0 Å². The van der Waals surface area contributed by atoms with Crippen LogP contribution < -0.4 is 9.62 Å². The number of carbonyl (C=O) groups is 1. The van der Waals surface area contributed by atoms with Crippen molar-refractivity contribution in [2.45, 2.75) is 11.8 Å². The van der Waals surface area contributed by atoms with Gasteiger partial charge in [-0.3, -0.25) is 9.10 Å². The normalized spacial score (nSPS) is 11.1. The van der Waals surface area contributed by atoms with Crippen LogP contribution in [-0.2, 0) is 14.8 Å². The van der Waals surface area contributed by atoms with Crippen molar-refractivity contribution in [3.63, 3.8) is 0 Å². The fraction of sp³-hybridized carbons (Fsp3) is 0.0952. The Bertz CT molecular complexity index is 1140. The number of rotatable bonds is 6. The second-order valence-corrected chi connectivity index (χ2v) is 9.02. The number of halogens is 2. The van der Waals surface area contributed by atoms with Crippen LogP contribution in [0.4, 0.5) is 11.4 Å². The van der Waals surface area contributed by atoms with Crippen molar-refractivity contribution in [1.29, 1.82) is 0 Å². The van der Waals surface area contributed by atoms with Gasteiger partial charge in [0.2, 0.25) is 5.91 Å². The van der Waals surface area contributed by atoms with Crippen LogP contribution in [-0.4, -0.2) is 20.9 Å². The Hall–Kier alpha value is -2.54. The van der Waals surface area contributed by atoms with Crippen molar-refractivity contribution in [3.05, 3.63) is 88.4 Å². The molecular weight excluding hydrogens is 431 g/mol. The smallest absolute Gasteiger partial charge is 0.264 e. The number of nitrogens with zero attached hydrogens (tertiary/aromatic N) is 1. The van der Waals surface area contributed by atoms with Gasteiger partial charge in [0.1, 0.15) is 6.54 Å². The minimum absolute atomic E-state index is 0.0751. The molecule has 150 valence electrons. The zero-order valence-corrected chi connectivity index (χ0v) is 17.8. The molecule has 3 rings (SSSR count). The lowest BCUT2D eigenvalue weighted by molar-refractivity contribution is -0.114. The molecule has 1 amide bonds. The zero-order valence-electron chi connectivity index (χ0n) is 15.5. The summed E-state index contributed by atoms with van der Waals surface area (Å²) in [5.74, 6) is -0.510. The van der Waals surface area contributed by atoms with E-state index in [9.17, 15) is 13.2 Å². The van der Waals surface area contributed by atoms with Crippen molar-refractivity contribution < 1.29 is 13.2 Å². The van der Waals surface area contributed by atoms with Gasteiger partial charge in [-0.25, -0.2) is 8.42 Å². The van der Waals surface area contributed by atoms with Gasteiger partial charge in [-0.05, 0) is 55.0 Å². The molecule has 0 radical (unpaired) electrons. The van der Waals surface area contributed by atoms with Crippen molar-refractivity contribution in [1.82, 2.24) is 0 Å². The lowest BCUT2D eigenvalue weighted by atomic mass is 10.2. The number of anilines is 2. The topological polar surface area (TPSA) is 66.5 Å². The Balaban J connectivity index is 1.93. The van der Waals surface area contributed by atoms with Crippen LogP contribution in [0, 0.1) is 6.92 Å². The minimum atomic E-state index is -3.99. The molecule has 29 heavy (non-hydrogen) atoms. The molecule has 0 atom stereocenters. The minimum Gasteiger partial charge on any atom is -0.324 e. The Labute approximate surface area is 179 Å². The average Bonchev–Trinajstić information content (AvgIpc) is 2.69. The van der Waals surface area contributed by atoms with Gasteiger partial charge in [-0.2, -0.15) is 0 Å². The van der Waals surface area contributed by atoms with Gasteiger partial charge in [-0.1, -0.05) is 53.5 Å². The second kappa shape index (κ2) is 8.86. The van der Waals surface area contributed by atoms with Gasteiger partial charge < -0.3 is 5.32 Å². The molecule has 0 aliphatic rings. The molecule has 0 unspecified atom stereocenters. The summed E-state index contributed by atoms with van der Waals surface area (Å²) in [7, 11) is -3.99. The van der Waals surface area contributed by atoms with Crippen molar-refractivity contribution in [2.24, 2.45) is 0 Å². The van der Waals surface area contributed by atoms with Crippen molar-refractivity contribution in [2.75, 3.05) is 16.2 Å². The summed E-state index contributed by atoms with van der Waals surface area (Å²) in [5, 5.41) is 3.55. The van der Waals surface area contributed by atoms with Gasteiger partial charge in [0.15, 0.2) is 0 Å². The van der Waals surface area contributed by atoms with Crippen LogP contribution in [0.1, 0.15) is 5.56 Å². The Kier molecular flexibility index (Phi) is 6.47. The third kappa shape index (κ3) is 5.09. The quantitative estimate of drug-likeness (QED) is 0.567. The van der Waals surface area contributed by atoms with Crippen LogP contribution in [0.3, 0.4) is 0 Å².